The molecule has 63 valence electrons. The number of rotatable bonds is 4. The van der Waals surface area contributed by atoms with Crippen molar-refractivity contribution in [3.63, 3.8) is 0 Å². The molecule has 1 aromatic rings. The van der Waals surface area contributed by atoms with Gasteiger partial charge in [-0.25, -0.2) is 0 Å². The van der Waals surface area contributed by atoms with Crippen molar-refractivity contribution >= 4 is 30.2 Å². The van der Waals surface area contributed by atoms with Gasteiger partial charge in [0.05, 0.1) is 20.5 Å². The highest BCUT2D eigenvalue weighted by atomic mass is 31.0. The predicted molar refractivity (Wildman–Crippen MR) is 63.7 cm³/mol. The first kappa shape index (κ1) is 10.7. The Kier molecular flexibility index (Phi) is 4.45. The average molecular weight is 187 g/mol. The molecule has 0 spiro atoms. The Labute approximate surface area is 84.5 Å². The SMILES string of the molecule is [B]B(P)[B]Cc1ccc(OC)cc1. The Morgan fingerprint density at radius 3 is 2.54 bits per heavy atom. The molecule has 1 unspecified atom stereocenters. The van der Waals surface area contributed by atoms with Crippen molar-refractivity contribution in [3.8, 4) is 5.75 Å². The van der Waals surface area contributed by atoms with Gasteiger partial charge in [0.25, 0.3) is 0 Å². The average Bonchev–Trinajstić information content (AvgIpc) is 2.15. The van der Waals surface area contributed by atoms with Crippen LogP contribution in [-0.4, -0.2) is 28.2 Å². The molecule has 5 heteroatoms. The van der Waals surface area contributed by atoms with Gasteiger partial charge >= 0.3 is 0 Å². The predicted octanol–water partition coefficient (Wildman–Crippen LogP) is 0.928. The van der Waals surface area contributed by atoms with Crippen molar-refractivity contribution in [2.45, 2.75) is 6.32 Å². The van der Waals surface area contributed by atoms with Crippen LogP contribution in [0, 0.1) is 0 Å². The van der Waals surface area contributed by atoms with Crippen molar-refractivity contribution in [1.29, 1.82) is 0 Å². The summed E-state index contributed by atoms with van der Waals surface area (Å²) in [6.45, 7) is 0. The van der Waals surface area contributed by atoms with E-state index in [0.29, 0.717) is 0 Å². The minimum Gasteiger partial charge on any atom is -0.497 e. The number of hydrogen-bond donors (Lipinski definition) is 0. The Hall–Kier alpha value is -0.355. The number of ether oxygens (including phenoxy) is 1. The summed E-state index contributed by atoms with van der Waals surface area (Å²) in [6, 6.07) is 8.00. The molecule has 0 heterocycles. The van der Waals surface area contributed by atoms with Gasteiger partial charge in [-0.15, -0.1) is 0 Å². The second-order valence-corrected chi connectivity index (χ2v) is 3.64. The molecule has 0 fully saturated rings. The third kappa shape index (κ3) is 3.91. The molecule has 1 atom stereocenters. The zero-order chi connectivity index (χ0) is 9.68. The van der Waals surface area contributed by atoms with Gasteiger partial charge in [0.1, 0.15) is 5.75 Å². The molecule has 0 N–H and O–H groups in total. The summed E-state index contributed by atoms with van der Waals surface area (Å²) in [5, 5.41) is 0. The fourth-order valence-corrected chi connectivity index (χ4v) is 1.17. The van der Waals surface area contributed by atoms with Gasteiger partial charge in [-0.1, -0.05) is 24.0 Å². The van der Waals surface area contributed by atoms with Crippen molar-refractivity contribution < 1.29 is 4.74 Å². The summed E-state index contributed by atoms with van der Waals surface area (Å²) in [6.07, 6.45) is 0.969. The molecule has 0 saturated carbocycles. The van der Waals surface area contributed by atoms with Crippen molar-refractivity contribution in [2.75, 3.05) is 7.11 Å². The van der Waals surface area contributed by atoms with E-state index in [-0.39, 0.29) is 6.21 Å². The van der Waals surface area contributed by atoms with Crippen LogP contribution in [0.3, 0.4) is 0 Å². The van der Waals surface area contributed by atoms with Crippen molar-refractivity contribution in [2.24, 2.45) is 0 Å². The van der Waals surface area contributed by atoms with Gasteiger partial charge in [-0.2, -0.15) is 9.12 Å². The number of hydrogen-bond acceptors (Lipinski definition) is 1. The molecule has 0 aliphatic carbocycles. The highest BCUT2D eigenvalue weighted by Gasteiger charge is 2.00. The summed E-state index contributed by atoms with van der Waals surface area (Å²) >= 11 is 0. The van der Waals surface area contributed by atoms with E-state index in [1.54, 1.807) is 7.11 Å². The zero-order valence-electron chi connectivity index (χ0n) is 7.73. The molecule has 0 bridgehead atoms. The normalized spacial score (nSPS) is 9.38. The van der Waals surface area contributed by atoms with Crippen LogP contribution in [0.2, 0.25) is 0 Å². The lowest BCUT2D eigenvalue weighted by Crippen LogP contribution is -2.17. The summed E-state index contributed by atoms with van der Waals surface area (Å²) in [5.41, 5.74) is 1.25. The van der Waals surface area contributed by atoms with Gasteiger partial charge in [0.2, 0.25) is 0 Å². The van der Waals surface area contributed by atoms with Gasteiger partial charge in [-0.3, -0.25) is 0 Å². The molecule has 1 rings (SSSR count). The minimum absolute atomic E-state index is 0.0714. The monoisotopic (exact) mass is 187 g/mol. The van der Waals surface area contributed by atoms with Gasteiger partial charge in [0, 0.05) is 7.74 Å². The second-order valence-electron chi connectivity index (χ2n) is 2.87. The van der Waals surface area contributed by atoms with E-state index < -0.39 is 0 Å². The van der Waals surface area contributed by atoms with Crippen LogP contribution in [-0.2, 0) is 6.32 Å². The maximum absolute atomic E-state index is 5.58. The smallest absolute Gasteiger partial charge is 0.118 e. The van der Waals surface area contributed by atoms with Crippen LogP contribution >= 0.6 is 9.12 Å². The molecule has 0 aliphatic rings. The zero-order valence-corrected chi connectivity index (χ0v) is 8.89. The number of methoxy groups -OCH3 is 1. The summed E-state index contributed by atoms with van der Waals surface area (Å²) in [7, 11) is 11.8. The fraction of sp³-hybridized carbons (Fsp3) is 0.250. The molecular weight excluding hydrogens is 175 g/mol. The molecule has 1 aromatic carbocycles. The van der Waals surface area contributed by atoms with E-state index >= 15 is 0 Å². The first-order chi connectivity index (χ1) is 6.22. The fourth-order valence-electron chi connectivity index (χ4n) is 1.03. The van der Waals surface area contributed by atoms with Gasteiger partial charge in [-0.05, 0) is 12.1 Å². The number of benzene rings is 1. The van der Waals surface area contributed by atoms with Gasteiger partial charge < -0.3 is 4.74 Å². The highest BCUT2D eigenvalue weighted by Crippen LogP contribution is 2.11. The Morgan fingerprint density at radius 1 is 1.46 bits per heavy atom. The quantitative estimate of drug-likeness (QED) is 0.502. The topological polar surface area (TPSA) is 9.23 Å². The lowest BCUT2D eigenvalue weighted by atomic mass is 9.25. The van der Waals surface area contributed by atoms with Crippen LogP contribution < -0.4 is 4.74 Å². The van der Waals surface area contributed by atoms with Gasteiger partial charge in [0.15, 0.2) is 0 Å². The van der Waals surface area contributed by atoms with E-state index in [0.717, 1.165) is 12.1 Å². The third-order valence-corrected chi connectivity index (χ3v) is 2.06. The van der Waals surface area contributed by atoms with E-state index in [2.05, 4.69) is 9.12 Å². The molecule has 0 saturated heterocycles. The van der Waals surface area contributed by atoms with Crippen LogP contribution in [0.5, 0.6) is 5.75 Å². The highest BCUT2D eigenvalue weighted by molar-refractivity contribution is 7.84. The molecule has 1 nitrogen and oxygen atoms in total. The first-order valence-electron chi connectivity index (χ1n) is 4.20. The minimum atomic E-state index is 0.0714. The Morgan fingerprint density at radius 2 is 2.08 bits per heavy atom. The second kappa shape index (κ2) is 5.39. The van der Waals surface area contributed by atoms with Crippen LogP contribution in [0.1, 0.15) is 5.56 Å². The van der Waals surface area contributed by atoms with E-state index in [1.807, 2.05) is 31.4 Å². The summed E-state index contributed by atoms with van der Waals surface area (Å²) in [4.78, 5) is 0. The van der Waals surface area contributed by atoms with E-state index in [4.69, 9.17) is 12.5 Å². The molecular formula is C8H11B3OP. The summed E-state index contributed by atoms with van der Waals surface area (Å²) < 4.78 is 5.06. The molecule has 0 amide bonds. The first-order valence-corrected chi connectivity index (χ1v) is 4.86. The maximum Gasteiger partial charge on any atom is 0.118 e. The molecule has 0 aromatic heterocycles. The van der Waals surface area contributed by atoms with E-state index in [9.17, 15) is 0 Å². The van der Waals surface area contributed by atoms with Crippen LogP contribution in [0.15, 0.2) is 24.3 Å². The lowest BCUT2D eigenvalue weighted by Gasteiger charge is -2.03. The van der Waals surface area contributed by atoms with Crippen LogP contribution in [0.25, 0.3) is 0 Å². The Bertz CT molecular complexity index is 250. The van der Waals surface area contributed by atoms with E-state index in [1.165, 1.54) is 5.56 Å². The van der Waals surface area contributed by atoms with Crippen LogP contribution in [0.4, 0.5) is 0 Å². The van der Waals surface area contributed by atoms with Crippen molar-refractivity contribution in [3.05, 3.63) is 29.8 Å². The molecule has 13 heavy (non-hydrogen) atoms. The summed E-state index contributed by atoms with van der Waals surface area (Å²) in [5.74, 6) is 0.888. The van der Waals surface area contributed by atoms with Crippen molar-refractivity contribution in [1.82, 2.24) is 0 Å². The molecule has 0 aliphatic heterocycles. The standard InChI is InChI=1S/C8H11B3OP/c1-12-8-4-2-7(3-5-8)6-10-11(9)13/h2-5H,6,13H2,1H3. The maximum atomic E-state index is 5.58. The lowest BCUT2D eigenvalue weighted by molar-refractivity contribution is 0.414. The molecule has 3 radical (unpaired) electrons. The largest absolute Gasteiger partial charge is 0.497 e. The third-order valence-electron chi connectivity index (χ3n) is 1.78. The Balaban J connectivity index is 2.49.